The van der Waals surface area contributed by atoms with Crippen molar-refractivity contribution in [2.24, 2.45) is 5.92 Å². The highest BCUT2D eigenvalue weighted by Crippen LogP contribution is 2.31. The standard InChI is InChI=1S/C24H31N3O2/c1-6-26(7-2)20-10-11-22(18(5)13-20)27-15-19(14-23(27)28)24(29)25-21-12-16(3)8-9-17(21)4/h8-13,19H,6-7,14-15H2,1-5H3,(H,25,29). The molecule has 2 aromatic rings. The zero-order valence-corrected chi connectivity index (χ0v) is 18.1. The number of nitrogens with zero attached hydrogens (tertiary/aromatic N) is 2. The van der Waals surface area contributed by atoms with Crippen molar-refractivity contribution in [3.8, 4) is 0 Å². The number of rotatable bonds is 6. The number of carbonyl (C=O) groups excluding carboxylic acids is 2. The maximum Gasteiger partial charge on any atom is 0.229 e. The normalized spacial score (nSPS) is 16.2. The lowest BCUT2D eigenvalue weighted by Gasteiger charge is -2.24. The van der Waals surface area contributed by atoms with Gasteiger partial charge in [-0.2, -0.15) is 0 Å². The minimum absolute atomic E-state index is 0.00445. The summed E-state index contributed by atoms with van der Waals surface area (Å²) in [6, 6.07) is 12.2. The smallest absolute Gasteiger partial charge is 0.229 e. The first kappa shape index (κ1) is 20.9. The second-order valence-corrected chi connectivity index (χ2v) is 7.86. The van der Waals surface area contributed by atoms with Gasteiger partial charge in [0.1, 0.15) is 0 Å². The molecule has 0 saturated carbocycles. The predicted molar refractivity (Wildman–Crippen MR) is 120 cm³/mol. The number of benzene rings is 2. The van der Waals surface area contributed by atoms with Crippen LogP contribution in [0.4, 0.5) is 17.1 Å². The molecule has 1 heterocycles. The van der Waals surface area contributed by atoms with E-state index in [4.69, 9.17) is 0 Å². The van der Waals surface area contributed by atoms with E-state index in [2.05, 4.69) is 36.2 Å². The summed E-state index contributed by atoms with van der Waals surface area (Å²) >= 11 is 0. The van der Waals surface area contributed by atoms with E-state index >= 15 is 0 Å². The van der Waals surface area contributed by atoms with Crippen LogP contribution in [0, 0.1) is 26.7 Å². The second kappa shape index (κ2) is 8.68. The van der Waals surface area contributed by atoms with E-state index in [0.717, 1.165) is 46.8 Å². The van der Waals surface area contributed by atoms with Crippen molar-refractivity contribution in [3.63, 3.8) is 0 Å². The number of hydrogen-bond donors (Lipinski definition) is 1. The monoisotopic (exact) mass is 393 g/mol. The summed E-state index contributed by atoms with van der Waals surface area (Å²) in [6.07, 6.45) is 0.244. The maximum absolute atomic E-state index is 12.8. The van der Waals surface area contributed by atoms with Gasteiger partial charge in [-0.25, -0.2) is 0 Å². The number of anilines is 3. The van der Waals surface area contributed by atoms with E-state index in [1.54, 1.807) is 4.90 Å². The summed E-state index contributed by atoms with van der Waals surface area (Å²) in [6.45, 7) is 12.6. The zero-order valence-electron chi connectivity index (χ0n) is 18.1. The summed E-state index contributed by atoms with van der Waals surface area (Å²) in [5, 5.41) is 3.01. The average molecular weight is 394 g/mol. The molecule has 0 aliphatic carbocycles. The van der Waals surface area contributed by atoms with Crippen LogP contribution in [0.25, 0.3) is 0 Å². The van der Waals surface area contributed by atoms with Gasteiger partial charge in [0, 0.05) is 43.1 Å². The SMILES string of the molecule is CCN(CC)c1ccc(N2CC(C(=O)Nc3cc(C)ccc3C)CC2=O)c(C)c1. The van der Waals surface area contributed by atoms with Crippen LogP contribution < -0.4 is 15.1 Å². The van der Waals surface area contributed by atoms with Crippen LogP contribution in [0.3, 0.4) is 0 Å². The molecule has 0 bridgehead atoms. The van der Waals surface area contributed by atoms with E-state index in [1.165, 1.54) is 0 Å². The van der Waals surface area contributed by atoms with Crippen molar-refractivity contribution < 1.29 is 9.59 Å². The quantitative estimate of drug-likeness (QED) is 0.789. The Morgan fingerprint density at radius 2 is 1.79 bits per heavy atom. The van der Waals surface area contributed by atoms with E-state index in [9.17, 15) is 9.59 Å². The number of nitrogens with one attached hydrogen (secondary N) is 1. The molecule has 0 spiro atoms. The molecular weight excluding hydrogens is 362 g/mol. The summed E-state index contributed by atoms with van der Waals surface area (Å²) in [5.74, 6) is -0.430. The Labute approximate surface area is 173 Å². The molecule has 1 aliphatic rings. The zero-order chi connectivity index (χ0) is 21.1. The van der Waals surface area contributed by atoms with Gasteiger partial charge in [-0.05, 0) is 75.6 Å². The first-order valence-electron chi connectivity index (χ1n) is 10.4. The first-order chi connectivity index (χ1) is 13.8. The summed E-state index contributed by atoms with van der Waals surface area (Å²) in [7, 11) is 0. The molecule has 3 rings (SSSR count). The van der Waals surface area contributed by atoms with Crippen molar-refractivity contribution in [1.29, 1.82) is 0 Å². The lowest BCUT2D eigenvalue weighted by Crippen LogP contribution is -2.29. The fraction of sp³-hybridized carbons (Fsp3) is 0.417. The minimum atomic E-state index is -0.343. The van der Waals surface area contributed by atoms with Crippen LogP contribution in [-0.2, 0) is 9.59 Å². The van der Waals surface area contributed by atoms with Crippen LogP contribution in [-0.4, -0.2) is 31.4 Å². The molecule has 1 unspecified atom stereocenters. The molecule has 5 nitrogen and oxygen atoms in total. The van der Waals surface area contributed by atoms with Gasteiger partial charge in [0.25, 0.3) is 0 Å². The lowest BCUT2D eigenvalue weighted by atomic mass is 10.1. The largest absolute Gasteiger partial charge is 0.372 e. The van der Waals surface area contributed by atoms with Gasteiger partial charge in [0.05, 0.1) is 5.92 Å². The van der Waals surface area contributed by atoms with Crippen molar-refractivity contribution in [2.45, 2.75) is 41.0 Å². The van der Waals surface area contributed by atoms with E-state index in [1.807, 2.05) is 45.0 Å². The van der Waals surface area contributed by atoms with Crippen LogP contribution in [0.5, 0.6) is 0 Å². The van der Waals surface area contributed by atoms with Gasteiger partial charge in [-0.15, -0.1) is 0 Å². The van der Waals surface area contributed by atoms with E-state index in [-0.39, 0.29) is 24.2 Å². The minimum Gasteiger partial charge on any atom is -0.372 e. The molecule has 2 amide bonds. The number of carbonyl (C=O) groups is 2. The molecule has 154 valence electrons. The molecule has 1 atom stereocenters. The van der Waals surface area contributed by atoms with Crippen molar-refractivity contribution in [2.75, 3.05) is 34.8 Å². The molecule has 29 heavy (non-hydrogen) atoms. The van der Waals surface area contributed by atoms with Crippen LogP contribution in [0.15, 0.2) is 36.4 Å². The average Bonchev–Trinajstić information content (AvgIpc) is 3.07. The van der Waals surface area contributed by atoms with Gasteiger partial charge in [-0.1, -0.05) is 12.1 Å². The molecule has 2 aromatic carbocycles. The lowest BCUT2D eigenvalue weighted by molar-refractivity contribution is -0.122. The Bertz CT molecular complexity index is 918. The molecule has 1 fully saturated rings. The van der Waals surface area contributed by atoms with Gasteiger partial charge in [0.15, 0.2) is 0 Å². The summed E-state index contributed by atoms with van der Waals surface area (Å²) in [4.78, 5) is 29.5. The predicted octanol–water partition coefficient (Wildman–Crippen LogP) is 4.45. The Morgan fingerprint density at radius 3 is 2.45 bits per heavy atom. The number of amides is 2. The molecule has 5 heteroatoms. The van der Waals surface area contributed by atoms with Crippen LogP contribution >= 0.6 is 0 Å². The van der Waals surface area contributed by atoms with Crippen LogP contribution in [0.1, 0.15) is 37.0 Å². The maximum atomic E-state index is 12.8. The highest BCUT2D eigenvalue weighted by molar-refractivity contribution is 6.04. The highest BCUT2D eigenvalue weighted by atomic mass is 16.2. The van der Waals surface area contributed by atoms with E-state index in [0.29, 0.717) is 6.54 Å². The van der Waals surface area contributed by atoms with Gasteiger partial charge in [-0.3, -0.25) is 9.59 Å². The third kappa shape index (κ3) is 4.44. The first-order valence-corrected chi connectivity index (χ1v) is 10.4. The Kier molecular flexibility index (Phi) is 6.26. The van der Waals surface area contributed by atoms with Gasteiger partial charge >= 0.3 is 0 Å². The van der Waals surface area contributed by atoms with Gasteiger partial charge in [0.2, 0.25) is 11.8 Å². The molecule has 1 saturated heterocycles. The van der Waals surface area contributed by atoms with Gasteiger partial charge < -0.3 is 15.1 Å². The third-order valence-electron chi connectivity index (χ3n) is 5.75. The van der Waals surface area contributed by atoms with Crippen molar-refractivity contribution in [1.82, 2.24) is 0 Å². The van der Waals surface area contributed by atoms with Crippen molar-refractivity contribution in [3.05, 3.63) is 53.1 Å². The van der Waals surface area contributed by atoms with Crippen LogP contribution in [0.2, 0.25) is 0 Å². The second-order valence-electron chi connectivity index (χ2n) is 7.86. The fourth-order valence-corrected chi connectivity index (χ4v) is 3.95. The number of hydrogen-bond acceptors (Lipinski definition) is 3. The van der Waals surface area contributed by atoms with E-state index < -0.39 is 0 Å². The van der Waals surface area contributed by atoms with Crippen molar-refractivity contribution >= 4 is 28.9 Å². The Morgan fingerprint density at radius 1 is 1.07 bits per heavy atom. The summed E-state index contributed by atoms with van der Waals surface area (Å²) < 4.78 is 0. The Balaban J connectivity index is 1.74. The molecule has 1 aliphatic heterocycles. The number of aryl methyl sites for hydroxylation is 3. The molecule has 0 aromatic heterocycles. The summed E-state index contributed by atoms with van der Waals surface area (Å²) in [5.41, 5.74) is 6.05. The Hall–Kier alpha value is -2.82. The topological polar surface area (TPSA) is 52.6 Å². The highest BCUT2D eigenvalue weighted by Gasteiger charge is 2.35. The molecule has 1 N–H and O–H groups in total. The molecular formula is C24H31N3O2. The fourth-order valence-electron chi connectivity index (χ4n) is 3.95. The molecule has 0 radical (unpaired) electrons. The third-order valence-corrected chi connectivity index (χ3v) is 5.75.